The van der Waals surface area contributed by atoms with Crippen molar-refractivity contribution in [2.75, 3.05) is 4.90 Å². The molecule has 0 radical (unpaired) electrons. The third kappa shape index (κ3) is 3.32. The fourth-order valence-electron chi connectivity index (χ4n) is 2.72. The first kappa shape index (κ1) is 16.4. The van der Waals surface area contributed by atoms with E-state index >= 15 is 0 Å². The number of hydrogen-bond acceptors (Lipinski definition) is 4. The molecular weight excluding hydrogens is 342 g/mol. The van der Waals surface area contributed by atoms with Crippen molar-refractivity contribution in [3.63, 3.8) is 0 Å². The minimum atomic E-state index is -0.454. The van der Waals surface area contributed by atoms with Crippen molar-refractivity contribution in [3.05, 3.63) is 90.3 Å². The van der Waals surface area contributed by atoms with Crippen LogP contribution in [0.1, 0.15) is 16.5 Å². The maximum absolute atomic E-state index is 13.0. The number of hydrogen-bond donors (Lipinski definition) is 0. The van der Waals surface area contributed by atoms with Gasteiger partial charge in [0.15, 0.2) is 0 Å². The molecule has 1 amide bonds. The first-order chi connectivity index (χ1) is 12.8. The lowest BCUT2D eigenvalue weighted by atomic mass is 10.2. The van der Waals surface area contributed by atoms with Crippen LogP contribution in [0.4, 0.5) is 5.95 Å². The van der Waals surface area contributed by atoms with Gasteiger partial charge in [0.05, 0.1) is 0 Å². The van der Waals surface area contributed by atoms with Crippen molar-refractivity contribution in [3.8, 4) is 11.8 Å². The van der Waals surface area contributed by atoms with Gasteiger partial charge in [0.25, 0.3) is 5.91 Å². The quantitative estimate of drug-likeness (QED) is 0.657. The van der Waals surface area contributed by atoms with E-state index in [2.05, 4.69) is 21.8 Å². The Balaban J connectivity index is 1.69. The number of rotatable bonds is 2. The normalized spacial score (nSPS) is 19.1. The van der Waals surface area contributed by atoms with Crippen LogP contribution in [0.15, 0.2) is 79.1 Å². The van der Waals surface area contributed by atoms with Crippen LogP contribution >= 0.6 is 11.8 Å². The van der Waals surface area contributed by atoms with Crippen LogP contribution in [-0.2, 0) is 4.79 Å². The summed E-state index contributed by atoms with van der Waals surface area (Å²) in [5, 5.41) is -0.648. The molecule has 0 saturated carbocycles. The van der Waals surface area contributed by atoms with E-state index in [0.717, 1.165) is 11.1 Å². The molecule has 1 aliphatic rings. The minimum absolute atomic E-state index is 0.0847. The number of thioether (sulfide) groups is 1. The highest BCUT2D eigenvalue weighted by Gasteiger charge is 2.42. The zero-order valence-corrected chi connectivity index (χ0v) is 14.6. The van der Waals surface area contributed by atoms with Crippen molar-refractivity contribution in [2.45, 2.75) is 10.6 Å². The molecular formula is C21H15N3OS. The third-order valence-corrected chi connectivity index (χ3v) is 5.27. The average molecular weight is 357 g/mol. The SMILES string of the molecule is O=C1C(C#Cc2ccccc2)SC(c2ccccc2)N1c1ncccn1. The summed E-state index contributed by atoms with van der Waals surface area (Å²) in [7, 11) is 0. The monoisotopic (exact) mass is 357 g/mol. The molecule has 2 atom stereocenters. The molecule has 1 aromatic heterocycles. The average Bonchev–Trinajstić information content (AvgIpc) is 3.05. The maximum atomic E-state index is 13.0. The van der Waals surface area contributed by atoms with Gasteiger partial charge in [0.1, 0.15) is 10.6 Å². The molecule has 4 rings (SSSR count). The Morgan fingerprint density at radius 3 is 2.23 bits per heavy atom. The molecule has 2 unspecified atom stereocenters. The summed E-state index contributed by atoms with van der Waals surface area (Å²) in [6.45, 7) is 0. The lowest BCUT2D eigenvalue weighted by molar-refractivity contribution is -0.117. The van der Waals surface area contributed by atoms with Gasteiger partial charge in [-0.25, -0.2) is 9.97 Å². The van der Waals surface area contributed by atoms with Crippen LogP contribution in [0.2, 0.25) is 0 Å². The zero-order valence-electron chi connectivity index (χ0n) is 13.8. The molecule has 2 aromatic carbocycles. The van der Waals surface area contributed by atoms with Gasteiger partial charge in [-0.1, -0.05) is 60.4 Å². The van der Waals surface area contributed by atoms with Crippen LogP contribution in [0, 0.1) is 11.8 Å². The van der Waals surface area contributed by atoms with Gasteiger partial charge in [-0.15, -0.1) is 11.8 Å². The van der Waals surface area contributed by atoms with E-state index in [4.69, 9.17) is 0 Å². The van der Waals surface area contributed by atoms with Crippen molar-refractivity contribution in [2.24, 2.45) is 0 Å². The van der Waals surface area contributed by atoms with E-state index in [0.29, 0.717) is 5.95 Å². The van der Waals surface area contributed by atoms with Crippen molar-refractivity contribution in [1.82, 2.24) is 9.97 Å². The molecule has 4 nitrogen and oxygen atoms in total. The zero-order chi connectivity index (χ0) is 17.8. The molecule has 126 valence electrons. The number of benzene rings is 2. The number of amides is 1. The second kappa shape index (κ2) is 7.42. The van der Waals surface area contributed by atoms with Crippen LogP contribution in [0.25, 0.3) is 0 Å². The topological polar surface area (TPSA) is 46.1 Å². The number of carbonyl (C=O) groups excluding carboxylic acids is 1. The van der Waals surface area contributed by atoms with E-state index in [1.165, 1.54) is 11.8 Å². The van der Waals surface area contributed by atoms with Crippen LogP contribution < -0.4 is 4.90 Å². The fraction of sp³-hybridized carbons (Fsp3) is 0.0952. The smallest absolute Gasteiger partial charge is 0.256 e. The molecule has 1 fully saturated rings. The number of anilines is 1. The lowest BCUT2D eigenvalue weighted by Gasteiger charge is -2.21. The molecule has 1 saturated heterocycles. The predicted octanol–water partition coefficient (Wildman–Crippen LogP) is 3.68. The summed E-state index contributed by atoms with van der Waals surface area (Å²) >= 11 is 1.52. The van der Waals surface area contributed by atoms with E-state index in [-0.39, 0.29) is 11.3 Å². The Morgan fingerprint density at radius 2 is 1.54 bits per heavy atom. The molecule has 26 heavy (non-hydrogen) atoms. The summed E-state index contributed by atoms with van der Waals surface area (Å²) in [6.07, 6.45) is 3.29. The standard InChI is InChI=1S/C21H15N3OS/c25-19-18(13-12-16-8-3-1-4-9-16)26-20(17-10-5-2-6-11-17)24(19)21-22-14-7-15-23-21/h1-11,14-15,18,20H. The lowest BCUT2D eigenvalue weighted by Crippen LogP contribution is -2.32. The molecule has 3 aromatic rings. The van der Waals surface area contributed by atoms with Gasteiger partial charge in [-0.3, -0.25) is 9.69 Å². The van der Waals surface area contributed by atoms with E-state index in [1.807, 2.05) is 60.7 Å². The van der Waals surface area contributed by atoms with E-state index in [9.17, 15) is 4.79 Å². The number of aromatic nitrogens is 2. The largest absolute Gasteiger partial charge is 0.272 e. The van der Waals surface area contributed by atoms with Crippen molar-refractivity contribution in [1.29, 1.82) is 0 Å². The molecule has 0 spiro atoms. The molecule has 5 heteroatoms. The Hall–Kier alpha value is -3.10. The Bertz CT molecular complexity index is 952. The van der Waals surface area contributed by atoms with Gasteiger partial charge in [-0.05, 0) is 23.8 Å². The predicted molar refractivity (Wildman–Crippen MR) is 103 cm³/mol. The highest BCUT2D eigenvalue weighted by molar-refractivity contribution is 8.01. The Kier molecular flexibility index (Phi) is 4.67. The van der Waals surface area contributed by atoms with E-state index in [1.54, 1.807) is 23.4 Å². The third-order valence-electron chi connectivity index (χ3n) is 3.93. The number of nitrogens with zero attached hydrogens (tertiary/aromatic N) is 3. The first-order valence-corrected chi connectivity index (χ1v) is 9.14. The Morgan fingerprint density at radius 1 is 0.885 bits per heavy atom. The summed E-state index contributed by atoms with van der Waals surface area (Å²) in [5.41, 5.74) is 1.92. The molecule has 0 bridgehead atoms. The number of carbonyl (C=O) groups is 1. The fourth-order valence-corrected chi connectivity index (χ4v) is 3.97. The van der Waals surface area contributed by atoms with Crippen LogP contribution in [0.5, 0.6) is 0 Å². The van der Waals surface area contributed by atoms with Gasteiger partial charge >= 0.3 is 0 Å². The molecule has 1 aliphatic heterocycles. The Labute approximate surface area is 156 Å². The summed E-state index contributed by atoms with van der Waals surface area (Å²) in [4.78, 5) is 23.2. The summed E-state index contributed by atoms with van der Waals surface area (Å²) in [5.74, 6) is 6.54. The van der Waals surface area contributed by atoms with Crippen LogP contribution in [0.3, 0.4) is 0 Å². The molecule has 0 N–H and O–H groups in total. The summed E-state index contributed by atoms with van der Waals surface area (Å²) < 4.78 is 0. The second-order valence-corrected chi connectivity index (χ2v) is 6.86. The van der Waals surface area contributed by atoms with Crippen molar-refractivity contribution >= 4 is 23.6 Å². The maximum Gasteiger partial charge on any atom is 0.256 e. The van der Waals surface area contributed by atoms with Crippen LogP contribution in [-0.4, -0.2) is 21.1 Å². The molecule has 2 heterocycles. The van der Waals surface area contributed by atoms with Gasteiger partial charge < -0.3 is 0 Å². The second-order valence-electron chi connectivity index (χ2n) is 5.67. The highest BCUT2D eigenvalue weighted by atomic mass is 32.2. The van der Waals surface area contributed by atoms with Crippen molar-refractivity contribution < 1.29 is 4.79 Å². The van der Waals surface area contributed by atoms with Gasteiger partial charge in [0.2, 0.25) is 5.95 Å². The minimum Gasteiger partial charge on any atom is -0.272 e. The summed E-state index contributed by atoms with van der Waals surface area (Å²) in [6, 6.07) is 21.3. The van der Waals surface area contributed by atoms with Gasteiger partial charge in [0, 0.05) is 18.0 Å². The molecule has 0 aliphatic carbocycles. The van der Waals surface area contributed by atoms with Gasteiger partial charge in [-0.2, -0.15) is 0 Å². The van der Waals surface area contributed by atoms with E-state index < -0.39 is 5.25 Å². The first-order valence-electron chi connectivity index (χ1n) is 8.20. The highest BCUT2D eigenvalue weighted by Crippen LogP contribution is 2.44.